The molecule has 0 saturated heterocycles. The molecule has 4 rings (SSSR count). The van der Waals surface area contributed by atoms with Gasteiger partial charge in [-0.05, 0) is 47.4 Å². The number of hydrogen-bond donors (Lipinski definition) is 0. The van der Waals surface area contributed by atoms with E-state index >= 15 is 0 Å². The summed E-state index contributed by atoms with van der Waals surface area (Å²) in [7, 11) is 3.21. The summed E-state index contributed by atoms with van der Waals surface area (Å²) in [6.07, 6.45) is -2.67. The van der Waals surface area contributed by atoms with E-state index in [4.69, 9.17) is 18.6 Å². The molecule has 0 spiro atoms. The standard InChI is InChI=1S/C25H24F3NO6/c1-31-22-9-17-7-8-29(12-18(17)10-23(22)32-2)13-20-11-21(30)24(15-33-20)34-14-16-3-5-19(6-4-16)35-25(26,27)28/h3-6,9-11,15H,7-8,12-14H2,1-2H3. The largest absolute Gasteiger partial charge is 0.573 e. The quantitative estimate of drug-likeness (QED) is 0.453. The lowest BCUT2D eigenvalue weighted by atomic mass is 9.98. The average molecular weight is 491 g/mol. The summed E-state index contributed by atoms with van der Waals surface area (Å²) in [5.41, 5.74) is 2.55. The molecule has 0 saturated carbocycles. The second-order valence-corrected chi connectivity index (χ2v) is 7.99. The molecule has 1 aliphatic rings. The van der Waals surface area contributed by atoms with Gasteiger partial charge in [0.05, 0.1) is 20.8 Å². The second-order valence-electron chi connectivity index (χ2n) is 7.99. The van der Waals surface area contributed by atoms with Crippen molar-refractivity contribution in [3.8, 4) is 23.0 Å². The Morgan fingerprint density at radius 1 is 0.971 bits per heavy atom. The Bertz CT molecular complexity index is 1220. The summed E-state index contributed by atoms with van der Waals surface area (Å²) in [5, 5.41) is 0. The maximum Gasteiger partial charge on any atom is 0.573 e. The molecular formula is C25H24F3NO6. The predicted octanol–water partition coefficient (Wildman–Crippen LogP) is 4.69. The van der Waals surface area contributed by atoms with E-state index in [9.17, 15) is 18.0 Å². The van der Waals surface area contributed by atoms with Crippen LogP contribution >= 0.6 is 0 Å². The van der Waals surface area contributed by atoms with Crippen LogP contribution in [0.2, 0.25) is 0 Å². The first-order valence-corrected chi connectivity index (χ1v) is 10.8. The molecule has 35 heavy (non-hydrogen) atoms. The van der Waals surface area contributed by atoms with E-state index in [1.165, 1.54) is 42.2 Å². The van der Waals surface area contributed by atoms with E-state index in [0.29, 0.717) is 35.9 Å². The van der Waals surface area contributed by atoms with Crippen molar-refractivity contribution in [1.29, 1.82) is 0 Å². The summed E-state index contributed by atoms with van der Waals surface area (Å²) in [6, 6.07) is 10.6. The fraction of sp³-hybridized carbons (Fsp3) is 0.320. The molecule has 7 nitrogen and oxygen atoms in total. The van der Waals surface area contributed by atoms with Crippen LogP contribution in [0.25, 0.3) is 0 Å². The van der Waals surface area contributed by atoms with Crippen LogP contribution in [0.15, 0.2) is 57.9 Å². The lowest BCUT2D eigenvalue weighted by Crippen LogP contribution is -2.30. The van der Waals surface area contributed by atoms with Crippen LogP contribution in [0.3, 0.4) is 0 Å². The van der Waals surface area contributed by atoms with Gasteiger partial charge >= 0.3 is 6.36 Å². The Morgan fingerprint density at radius 3 is 2.29 bits per heavy atom. The van der Waals surface area contributed by atoms with E-state index in [-0.39, 0.29) is 23.5 Å². The van der Waals surface area contributed by atoms with Crippen molar-refractivity contribution < 1.29 is 36.5 Å². The van der Waals surface area contributed by atoms with Crippen LogP contribution < -0.4 is 24.4 Å². The number of rotatable bonds is 8. The molecule has 0 radical (unpaired) electrons. The first-order chi connectivity index (χ1) is 16.7. The van der Waals surface area contributed by atoms with Gasteiger partial charge in [-0.15, -0.1) is 13.2 Å². The van der Waals surface area contributed by atoms with Gasteiger partial charge in [0.25, 0.3) is 0 Å². The molecule has 2 aromatic carbocycles. The van der Waals surface area contributed by atoms with Crippen LogP contribution in [0, 0.1) is 0 Å². The topological polar surface area (TPSA) is 70.4 Å². The lowest BCUT2D eigenvalue weighted by molar-refractivity contribution is -0.274. The van der Waals surface area contributed by atoms with Gasteiger partial charge in [0, 0.05) is 19.2 Å². The molecule has 1 aliphatic heterocycles. The van der Waals surface area contributed by atoms with Crippen molar-refractivity contribution in [1.82, 2.24) is 4.90 Å². The number of halogens is 3. The molecule has 1 aromatic heterocycles. The highest BCUT2D eigenvalue weighted by molar-refractivity contribution is 5.48. The maximum absolute atomic E-state index is 12.5. The minimum Gasteiger partial charge on any atom is -0.493 e. The highest BCUT2D eigenvalue weighted by Gasteiger charge is 2.31. The summed E-state index contributed by atoms with van der Waals surface area (Å²) in [5.74, 6) is 1.56. The van der Waals surface area contributed by atoms with Crippen molar-refractivity contribution in [2.45, 2.75) is 32.5 Å². The Hall–Kier alpha value is -3.66. The normalized spacial score (nSPS) is 13.7. The fourth-order valence-corrected chi connectivity index (χ4v) is 3.87. The molecule has 3 aromatic rings. The Balaban J connectivity index is 1.35. The SMILES string of the molecule is COc1cc2c(cc1OC)CN(Cc1cc(=O)c(OCc3ccc(OC(F)(F)F)cc3)co1)CC2. The Kier molecular flexibility index (Phi) is 7.20. The molecule has 0 unspecified atom stereocenters. The van der Waals surface area contributed by atoms with Crippen LogP contribution in [0.5, 0.6) is 23.0 Å². The number of methoxy groups -OCH3 is 2. The molecule has 10 heteroatoms. The van der Waals surface area contributed by atoms with Crippen molar-refractivity contribution in [2.75, 3.05) is 20.8 Å². The molecule has 0 bridgehead atoms. The zero-order chi connectivity index (χ0) is 25.0. The Labute approximate surface area is 199 Å². The van der Waals surface area contributed by atoms with Gasteiger partial charge in [-0.3, -0.25) is 9.69 Å². The van der Waals surface area contributed by atoms with Gasteiger partial charge in [0.1, 0.15) is 24.4 Å². The van der Waals surface area contributed by atoms with Gasteiger partial charge in [-0.25, -0.2) is 0 Å². The first kappa shape index (κ1) is 24.5. The number of fused-ring (bicyclic) bond motifs is 1. The van der Waals surface area contributed by atoms with Gasteiger partial charge in [0.2, 0.25) is 11.2 Å². The van der Waals surface area contributed by atoms with Crippen LogP contribution in [0.4, 0.5) is 13.2 Å². The maximum atomic E-state index is 12.5. The number of ether oxygens (including phenoxy) is 4. The van der Waals surface area contributed by atoms with E-state index in [0.717, 1.165) is 18.5 Å². The summed E-state index contributed by atoms with van der Waals surface area (Å²) in [6.45, 7) is 1.90. The second kappa shape index (κ2) is 10.3. The van der Waals surface area contributed by atoms with E-state index in [2.05, 4.69) is 9.64 Å². The van der Waals surface area contributed by atoms with Crippen molar-refractivity contribution in [3.05, 3.63) is 81.4 Å². The highest BCUT2D eigenvalue weighted by Crippen LogP contribution is 2.33. The molecule has 0 atom stereocenters. The number of benzene rings is 2. The van der Waals surface area contributed by atoms with Gasteiger partial charge < -0.3 is 23.4 Å². The third-order valence-electron chi connectivity index (χ3n) is 5.58. The summed E-state index contributed by atoms with van der Waals surface area (Å²) in [4.78, 5) is 14.7. The number of alkyl halides is 3. The monoisotopic (exact) mass is 491 g/mol. The Morgan fingerprint density at radius 2 is 1.66 bits per heavy atom. The summed E-state index contributed by atoms with van der Waals surface area (Å²) >= 11 is 0. The molecule has 186 valence electrons. The summed E-state index contributed by atoms with van der Waals surface area (Å²) < 4.78 is 62.5. The van der Waals surface area contributed by atoms with E-state index in [1.54, 1.807) is 14.2 Å². The fourth-order valence-electron chi connectivity index (χ4n) is 3.87. The molecule has 0 amide bonds. The average Bonchev–Trinajstić information content (AvgIpc) is 2.82. The van der Waals surface area contributed by atoms with Crippen molar-refractivity contribution >= 4 is 0 Å². The van der Waals surface area contributed by atoms with Crippen molar-refractivity contribution in [3.63, 3.8) is 0 Å². The minimum atomic E-state index is -4.75. The minimum absolute atomic E-state index is 0.00932. The third-order valence-corrected chi connectivity index (χ3v) is 5.58. The molecule has 0 N–H and O–H groups in total. The zero-order valence-electron chi connectivity index (χ0n) is 19.2. The highest BCUT2D eigenvalue weighted by atomic mass is 19.4. The zero-order valence-corrected chi connectivity index (χ0v) is 19.2. The van der Waals surface area contributed by atoms with Gasteiger partial charge in [0.15, 0.2) is 11.5 Å². The van der Waals surface area contributed by atoms with Gasteiger partial charge in [-0.1, -0.05) is 12.1 Å². The van der Waals surface area contributed by atoms with Crippen LogP contribution in [-0.2, 0) is 26.1 Å². The smallest absolute Gasteiger partial charge is 0.493 e. The third kappa shape index (κ3) is 6.27. The van der Waals surface area contributed by atoms with E-state index in [1.807, 2.05) is 12.1 Å². The number of nitrogens with zero attached hydrogens (tertiary/aromatic N) is 1. The lowest BCUT2D eigenvalue weighted by Gasteiger charge is -2.29. The number of hydrogen-bond acceptors (Lipinski definition) is 7. The predicted molar refractivity (Wildman–Crippen MR) is 120 cm³/mol. The molecule has 0 aliphatic carbocycles. The van der Waals surface area contributed by atoms with Crippen molar-refractivity contribution in [2.24, 2.45) is 0 Å². The molecular weight excluding hydrogens is 467 g/mol. The van der Waals surface area contributed by atoms with Crippen LogP contribution in [0.1, 0.15) is 22.5 Å². The van der Waals surface area contributed by atoms with E-state index < -0.39 is 6.36 Å². The van der Waals surface area contributed by atoms with Gasteiger partial charge in [-0.2, -0.15) is 0 Å². The first-order valence-electron chi connectivity index (χ1n) is 10.8. The van der Waals surface area contributed by atoms with Crippen LogP contribution in [-0.4, -0.2) is 32.0 Å². The molecule has 0 fully saturated rings. The molecule has 2 heterocycles.